The molecule has 0 saturated heterocycles. The van der Waals surface area contributed by atoms with Gasteiger partial charge < -0.3 is 15.2 Å². The van der Waals surface area contributed by atoms with E-state index in [0.29, 0.717) is 29.8 Å². The number of rotatable bonds is 6. The van der Waals surface area contributed by atoms with Crippen LogP contribution in [-0.2, 0) is 4.74 Å². The number of nitrogens with zero attached hydrogens (tertiary/aromatic N) is 2. The van der Waals surface area contributed by atoms with E-state index in [9.17, 15) is 0 Å². The normalized spacial score (nSPS) is 12.5. The van der Waals surface area contributed by atoms with Crippen molar-refractivity contribution in [1.29, 1.82) is 0 Å². The van der Waals surface area contributed by atoms with E-state index in [1.807, 2.05) is 6.92 Å². The van der Waals surface area contributed by atoms with E-state index in [0.717, 1.165) is 5.56 Å². The van der Waals surface area contributed by atoms with E-state index in [4.69, 9.17) is 21.4 Å². The number of halogens is 1. The van der Waals surface area contributed by atoms with Crippen molar-refractivity contribution < 1.29 is 9.84 Å². The molecular formula is C11H18ClN3O2. The summed E-state index contributed by atoms with van der Waals surface area (Å²) in [6.45, 7) is 4.24. The van der Waals surface area contributed by atoms with Crippen LogP contribution in [0, 0.1) is 13.8 Å². The molecule has 1 aromatic rings. The van der Waals surface area contributed by atoms with E-state index in [1.54, 1.807) is 14.0 Å². The summed E-state index contributed by atoms with van der Waals surface area (Å²) in [5.74, 6) is 1.31. The SMILES string of the molecule is COCC(CCO)Nc1nc(C)nc(Cl)c1C. The van der Waals surface area contributed by atoms with Crippen LogP contribution < -0.4 is 5.32 Å². The van der Waals surface area contributed by atoms with Gasteiger partial charge in [-0.25, -0.2) is 9.97 Å². The van der Waals surface area contributed by atoms with Crippen LogP contribution in [0.1, 0.15) is 17.8 Å². The zero-order chi connectivity index (χ0) is 12.8. The Labute approximate surface area is 106 Å². The monoisotopic (exact) mass is 259 g/mol. The molecule has 0 spiro atoms. The fourth-order valence-electron chi connectivity index (χ4n) is 1.48. The average Bonchev–Trinajstić information content (AvgIpc) is 2.26. The number of hydrogen-bond acceptors (Lipinski definition) is 5. The lowest BCUT2D eigenvalue weighted by molar-refractivity contribution is 0.170. The smallest absolute Gasteiger partial charge is 0.137 e. The molecule has 0 radical (unpaired) electrons. The highest BCUT2D eigenvalue weighted by Crippen LogP contribution is 2.20. The fraction of sp³-hybridized carbons (Fsp3) is 0.636. The molecule has 1 rings (SSSR count). The van der Waals surface area contributed by atoms with E-state index in [-0.39, 0.29) is 12.6 Å². The summed E-state index contributed by atoms with van der Waals surface area (Å²) in [4.78, 5) is 8.36. The maximum Gasteiger partial charge on any atom is 0.137 e. The molecule has 0 aliphatic rings. The van der Waals surface area contributed by atoms with E-state index < -0.39 is 0 Å². The van der Waals surface area contributed by atoms with Crippen molar-refractivity contribution >= 4 is 17.4 Å². The second-order valence-corrected chi connectivity index (χ2v) is 4.20. The summed E-state index contributed by atoms with van der Waals surface area (Å²) in [6, 6.07) is 0.00840. The van der Waals surface area contributed by atoms with E-state index in [2.05, 4.69) is 15.3 Å². The lowest BCUT2D eigenvalue weighted by Crippen LogP contribution is -2.27. The van der Waals surface area contributed by atoms with Gasteiger partial charge in [0.2, 0.25) is 0 Å². The molecule has 0 bridgehead atoms. The molecule has 6 heteroatoms. The number of aryl methyl sites for hydroxylation is 1. The predicted molar refractivity (Wildman–Crippen MR) is 67.5 cm³/mol. The molecule has 1 atom stereocenters. The van der Waals surface area contributed by atoms with Crippen LogP contribution >= 0.6 is 11.6 Å². The first kappa shape index (κ1) is 14.2. The molecule has 0 aliphatic carbocycles. The first-order valence-electron chi connectivity index (χ1n) is 5.45. The Hall–Kier alpha value is -0.910. The van der Waals surface area contributed by atoms with Crippen molar-refractivity contribution in [3.63, 3.8) is 0 Å². The van der Waals surface area contributed by atoms with Gasteiger partial charge in [0.25, 0.3) is 0 Å². The van der Waals surface area contributed by atoms with Gasteiger partial charge in [-0.15, -0.1) is 0 Å². The highest BCUT2D eigenvalue weighted by Gasteiger charge is 2.12. The minimum absolute atomic E-state index is 0.00840. The van der Waals surface area contributed by atoms with Gasteiger partial charge >= 0.3 is 0 Å². The summed E-state index contributed by atoms with van der Waals surface area (Å²) in [6.07, 6.45) is 0.591. The minimum atomic E-state index is 0.00840. The van der Waals surface area contributed by atoms with Crippen LogP contribution in [0.15, 0.2) is 0 Å². The molecule has 2 N–H and O–H groups in total. The van der Waals surface area contributed by atoms with Gasteiger partial charge in [-0.3, -0.25) is 0 Å². The molecule has 1 unspecified atom stereocenters. The Balaban J connectivity index is 2.84. The number of aliphatic hydroxyl groups excluding tert-OH is 1. The molecule has 17 heavy (non-hydrogen) atoms. The molecule has 96 valence electrons. The fourth-order valence-corrected chi connectivity index (χ4v) is 1.69. The number of hydrogen-bond donors (Lipinski definition) is 2. The molecular weight excluding hydrogens is 242 g/mol. The average molecular weight is 260 g/mol. The zero-order valence-electron chi connectivity index (χ0n) is 10.3. The Kier molecular flexibility index (Phi) is 5.61. The Morgan fingerprint density at radius 3 is 2.71 bits per heavy atom. The number of anilines is 1. The second kappa shape index (κ2) is 6.74. The maximum atomic E-state index is 8.97. The van der Waals surface area contributed by atoms with Crippen molar-refractivity contribution in [2.24, 2.45) is 0 Å². The Bertz CT molecular complexity index is 368. The van der Waals surface area contributed by atoms with Crippen molar-refractivity contribution in [1.82, 2.24) is 9.97 Å². The summed E-state index contributed by atoms with van der Waals surface area (Å²) < 4.78 is 5.08. The third-order valence-electron chi connectivity index (χ3n) is 2.38. The van der Waals surface area contributed by atoms with Crippen LogP contribution in [0.25, 0.3) is 0 Å². The van der Waals surface area contributed by atoms with Gasteiger partial charge in [0.15, 0.2) is 0 Å². The summed E-state index contributed by atoms with van der Waals surface area (Å²) >= 11 is 5.98. The summed E-state index contributed by atoms with van der Waals surface area (Å²) in [5.41, 5.74) is 0.802. The van der Waals surface area contributed by atoms with E-state index in [1.165, 1.54) is 0 Å². The van der Waals surface area contributed by atoms with Crippen LogP contribution in [0.2, 0.25) is 5.15 Å². The highest BCUT2D eigenvalue weighted by molar-refractivity contribution is 6.30. The highest BCUT2D eigenvalue weighted by atomic mass is 35.5. The van der Waals surface area contributed by atoms with Crippen molar-refractivity contribution in [3.05, 3.63) is 16.5 Å². The first-order valence-corrected chi connectivity index (χ1v) is 5.83. The van der Waals surface area contributed by atoms with Crippen molar-refractivity contribution in [3.8, 4) is 0 Å². The van der Waals surface area contributed by atoms with Gasteiger partial charge in [0.05, 0.1) is 12.6 Å². The van der Waals surface area contributed by atoms with Gasteiger partial charge in [-0.1, -0.05) is 11.6 Å². The first-order chi connectivity index (χ1) is 8.08. The number of nitrogens with one attached hydrogen (secondary N) is 1. The van der Waals surface area contributed by atoms with Crippen LogP contribution in [-0.4, -0.2) is 41.4 Å². The van der Waals surface area contributed by atoms with Gasteiger partial charge in [-0.05, 0) is 20.3 Å². The quantitative estimate of drug-likeness (QED) is 0.759. The molecule has 0 fully saturated rings. The minimum Gasteiger partial charge on any atom is -0.396 e. The lowest BCUT2D eigenvalue weighted by Gasteiger charge is -2.19. The van der Waals surface area contributed by atoms with Crippen LogP contribution in [0.3, 0.4) is 0 Å². The number of methoxy groups -OCH3 is 1. The van der Waals surface area contributed by atoms with Gasteiger partial charge in [0, 0.05) is 19.3 Å². The molecule has 0 aliphatic heterocycles. The molecule has 0 amide bonds. The Morgan fingerprint density at radius 2 is 2.12 bits per heavy atom. The van der Waals surface area contributed by atoms with Gasteiger partial charge in [-0.2, -0.15) is 0 Å². The van der Waals surface area contributed by atoms with Crippen molar-refractivity contribution in [2.75, 3.05) is 25.6 Å². The molecule has 5 nitrogen and oxygen atoms in total. The largest absolute Gasteiger partial charge is 0.396 e. The van der Waals surface area contributed by atoms with Crippen LogP contribution in [0.5, 0.6) is 0 Å². The Morgan fingerprint density at radius 1 is 1.41 bits per heavy atom. The summed E-state index contributed by atoms with van der Waals surface area (Å²) in [5, 5.41) is 12.6. The summed E-state index contributed by atoms with van der Waals surface area (Å²) in [7, 11) is 1.62. The predicted octanol–water partition coefficient (Wildman–Crippen LogP) is 1.56. The standard InChI is InChI=1S/C11H18ClN3O2/c1-7-10(12)13-8(2)14-11(7)15-9(4-5-16)6-17-3/h9,16H,4-6H2,1-3H3,(H,13,14,15). The van der Waals surface area contributed by atoms with E-state index >= 15 is 0 Å². The topological polar surface area (TPSA) is 67.3 Å². The molecule has 0 aromatic carbocycles. The third kappa shape index (κ3) is 4.11. The van der Waals surface area contributed by atoms with Crippen LogP contribution in [0.4, 0.5) is 5.82 Å². The third-order valence-corrected chi connectivity index (χ3v) is 2.75. The number of ether oxygens (including phenoxy) is 1. The van der Waals surface area contributed by atoms with Gasteiger partial charge in [0.1, 0.15) is 16.8 Å². The molecule has 1 aromatic heterocycles. The lowest BCUT2D eigenvalue weighted by atomic mass is 10.2. The van der Waals surface area contributed by atoms with Crippen molar-refractivity contribution in [2.45, 2.75) is 26.3 Å². The number of aliphatic hydroxyl groups is 1. The zero-order valence-corrected chi connectivity index (χ0v) is 11.1. The maximum absolute atomic E-state index is 8.97. The molecule has 0 saturated carbocycles. The second-order valence-electron chi connectivity index (χ2n) is 3.84. The number of aromatic nitrogens is 2. The molecule has 1 heterocycles.